The van der Waals surface area contributed by atoms with Gasteiger partial charge >= 0.3 is 0 Å². The number of rotatable bonds is 14. The zero-order valence-corrected chi connectivity index (χ0v) is 67.1. The van der Waals surface area contributed by atoms with Crippen LogP contribution in [-0.4, -0.2) is 28.9 Å². The molecule has 19 aromatic rings. The molecule has 2 aliphatic heterocycles. The van der Waals surface area contributed by atoms with Gasteiger partial charge in [-0.3, -0.25) is 0 Å². The fraction of sp³-hybridized carbons (Fsp3) is 0.121. The average molecular weight is 1560 g/mol. The van der Waals surface area contributed by atoms with Gasteiger partial charge in [-0.1, -0.05) is 324 Å². The molecular formula is C116H87BN4. The lowest BCUT2D eigenvalue weighted by molar-refractivity contribution is 0.590. The molecule has 0 radical (unpaired) electrons. The molecule has 25 rings (SSSR count). The quantitative estimate of drug-likeness (QED) is 0.0797. The van der Waals surface area contributed by atoms with Gasteiger partial charge in [0.05, 0.1) is 54.8 Å². The molecular weight excluding hydrogens is 1460 g/mol. The lowest BCUT2D eigenvalue weighted by Gasteiger charge is -2.45. The van der Waals surface area contributed by atoms with Crippen LogP contribution in [0.15, 0.2) is 376 Å². The molecule has 2 aromatic heterocycles. The van der Waals surface area contributed by atoms with Crippen molar-refractivity contribution in [3.05, 3.63) is 437 Å². The normalized spacial score (nSPS) is 15.9. The third-order valence-electron chi connectivity index (χ3n) is 27.5. The Morgan fingerprint density at radius 1 is 0.289 bits per heavy atom. The maximum Gasteiger partial charge on any atom is 0.252 e. The van der Waals surface area contributed by atoms with Crippen LogP contribution in [0, 0.1) is 0 Å². The zero-order chi connectivity index (χ0) is 93.9. The Morgan fingerprint density at radius 2 is 0.595 bits per heavy atom. The Bertz CT molecular complexity index is 7850. The van der Waals surface area contributed by atoms with E-state index in [4.69, 9.17) is 5.48 Å². The van der Waals surface area contributed by atoms with E-state index < -0.39 is 120 Å². The lowest BCUT2D eigenvalue weighted by atomic mass is 9.33. The molecule has 0 N–H and O–H groups in total. The van der Waals surface area contributed by atoms with Gasteiger partial charge in [0.25, 0.3) is 6.71 Å². The van der Waals surface area contributed by atoms with E-state index in [0.29, 0.717) is 50.1 Å². The number of hydrogen-bond acceptors (Lipinski definition) is 2. The first-order chi connectivity index (χ1) is 66.3. The average Bonchev–Trinajstić information content (AvgIpc) is 1.57. The fourth-order valence-electron chi connectivity index (χ4n) is 22.4. The van der Waals surface area contributed by atoms with Crippen LogP contribution in [0.1, 0.15) is 130 Å². The van der Waals surface area contributed by atoms with E-state index in [0.717, 1.165) is 79.8 Å². The molecule has 0 fully saturated rings. The number of para-hydroxylation sites is 4. The highest BCUT2D eigenvalue weighted by molar-refractivity contribution is 7.00. The molecule has 0 bridgehead atoms. The summed E-state index contributed by atoms with van der Waals surface area (Å²) in [6.07, 6.45) is 4.22. The van der Waals surface area contributed by atoms with Crippen molar-refractivity contribution in [2.75, 3.05) is 22.9 Å². The zero-order valence-electron chi connectivity index (χ0n) is 83.1. The molecule has 4 heterocycles. The molecule has 0 atom stereocenters. The summed E-state index contributed by atoms with van der Waals surface area (Å²) in [5, 5.41) is -0.136. The summed E-state index contributed by atoms with van der Waals surface area (Å²) < 4.78 is 154. The van der Waals surface area contributed by atoms with Crippen LogP contribution in [0.5, 0.6) is 0 Å². The smallest absolute Gasteiger partial charge is 0.252 e. The number of aromatic nitrogens is 2. The molecule has 6 aliphatic rings. The van der Waals surface area contributed by atoms with Crippen molar-refractivity contribution in [3.8, 4) is 78.1 Å². The van der Waals surface area contributed by atoms with Gasteiger partial charge in [-0.2, -0.15) is 0 Å². The van der Waals surface area contributed by atoms with Crippen molar-refractivity contribution in [2.45, 2.75) is 75.5 Å². The molecule has 4 aliphatic carbocycles. The van der Waals surface area contributed by atoms with E-state index in [2.05, 4.69) is 285 Å². The number of anilines is 4. The van der Waals surface area contributed by atoms with Gasteiger partial charge in [0.1, 0.15) is 0 Å². The Morgan fingerprint density at radius 3 is 0.934 bits per heavy atom. The van der Waals surface area contributed by atoms with Gasteiger partial charge in [0.15, 0.2) is 0 Å². The predicted octanol–water partition coefficient (Wildman–Crippen LogP) is 26.7. The van der Waals surface area contributed by atoms with Gasteiger partial charge in [0.2, 0.25) is 0 Å². The van der Waals surface area contributed by atoms with Gasteiger partial charge in [0, 0.05) is 68.8 Å². The van der Waals surface area contributed by atoms with Crippen LogP contribution in [-0.2, 0) is 29.1 Å². The molecule has 574 valence electrons. The van der Waals surface area contributed by atoms with Crippen molar-refractivity contribution in [1.29, 1.82) is 0 Å². The standard InChI is InChI=1S/C116H87BN4/c1-114(2,3)78-70-111-113-112(71-78)119(67-31-29-35-75-33-5-7-37-82(75)77-59-63-90-88-43-13-23-53-100(88)116(102(90)69-77)97-50-20-10-40-85(97)86-41-11-21-51-98(86)116)110-73-80(121-107-56-26-16-46-93(107)94-47-17-27-57-108(94)121)61-65-104(110)117(113)103-64-60-79(120-105-54-24-14-44-91(105)92-45-15-25-55-106(92)120)72-109(103)118(111)66-30-28-34-74-32-4-6-36-81(74)76-58-62-89-87-42-12-22-52-99(87)115(101(89)68-76)95-48-18-8-38-83(95)84-39-9-19-49-96(84)115/h4-27,32-33,36-65,68-73H,28-31,34-35,66-67H2,1-3H3/i14D,15D,16D,17D,24D,25D,26D,27D,44D,45D,46D,47D,54D,55D,56D,57D. The minimum absolute atomic E-state index is 0.00290. The van der Waals surface area contributed by atoms with Crippen LogP contribution < -0.4 is 26.2 Å². The maximum absolute atomic E-state index is 9.78. The van der Waals surface area contributed by atoms with Crippen molar-refractivity contribution >= 4 is 89.5 Å². The Labute approximate surface area is 730 Å². The van der Waals surface area contributed by atoms with Gasteiger partial charge < -0.3 is 18.9 Å². The summed E-state index contributed by atoms with van der Waals surface area (Å²) in [6.45, 7) is 6.97. The number of hydrogen-bond donors (Lipinski definition) is 0. The van der Waals surface area contributed by atoms with E-state index in [-0.39, 0.29) is 43.6 Å². The molecule has 0 saturated heterocycles. The van der Waals surface area contributed by atoms with Crippen molar-refractivity contribution < 1.29 is 21.9 Å². The molecule has 4 nitrogen and oxygen atoms in total. The molecule has 0 amide bonds. The van der Waals surface area contributed by atoms with Gasteiger partial charge in [-0.25, -0.2) is 0 Å². The molecule has 0 saturated carbocycles. The topological polar surface area (TPSA) is 16.3 Å². The first-order valence-corrected chi connectivity index (χ1v) is 42.4. The largest absolute Gasteiger partial charge is 0.342 e. The second kappa shape index (κ2) is 26.8. The number of benzene rings is 17. The molecule has 17 aromatic carbocycles. The fourth-order valence-corrected chi connectivity index (χ4v) is 22.4. The highest BCUT2D eigenvalue weighted by atomic mass is 15.2. The monoisotopic (exact) mass is 1560 g/mol. The van der Waals surface area contributed by atoms with Crippen LogP contribution in [0.3, 0.4) is 0 Å². The van der Waals surface area contributed by atoms with E-state index in [9.17, 15) is 16.4 Å². The van der Waals surface area contributed by atoms with Crippen molar-refractivity contribution in [2.24, 2.45) is 0 Å². The summed E-state index contributed by atoms with van der Waals surface area (Å²) in [4.78, 5) is 4.80. The van der Waals surface area contributed by atoms with Crippen molar-refractivity contribution in [1.82, 2.24) is 9.13 Å². The van der Waals surface area contributed by atoms with Gasteiger partial charge in [-0.15, -0.1) is 0 Å². The van der Waals surface area contributed by atoms with E-state index in [1.54, 1.807) is 9.13 Å². The Balaban J connectivity index is 0.651. The Hall–Kier alpha value is -14.0. The summed E-state index contributed by atoms with van der Waals surface area (Å²) in [7, 11) is 0. The number of aryl methyl sites for hydroxylation is 2. The molecule has 121 heavy (non-hydrogen) atoms. The van der Waals surface area contributed by atoms with Gasteiger partial charge in [-0.05, 0) is 261 Å². The number of unbranched alkanes of at least 4 members (excludes halogenated alkanes) is 2. The highest BCUT2D eigenvalue weighted by Crippen LogP contribution is 2.65. The Kier molecular flexibility index (Phi) is 12.3. The minimum Gasteiger partial charge on any atom is -0.342 e. The van der Waals surface area contributed by atoms with E-state index in [1.165, 1.54) is 100 Å². The first-order valence-electron chi connectivity index (χ1n) is 50.4. The highest BCUT2D eigenvalue weighted by Gasteiger charge is 2.54. The summed E-state index contributed by atoms with van der Waals surface area (Å²) in [5.74, 6) is 0. The van der Waals surface area contributed by atoms with Crippen LogP contribution in [0.4, 0.5) is 22.7 Å². The SMILES string of the molecule is [2H]c1c([2H])c([2H])c2c(c1[2H])c1c([2H])c([2H])c([2H])c([2H])c1n2-c1ccc2c(c1)N(CCCCc1ccccc1-c1ccc3c(c1)C1(c4ccccc4-c4ccccc41)c1ccccc1-3)c1cc(C(C)(C)C)cc3c1B2c1ccc(-n2c4c([2H])c([2H])c([2H])c([2H])c4c4c([2H])c([2H])c([2H])c([2H])c42)cc1N3CCCCc1ccccc1-c1ccc2c(c1)C1(c3ccccc3-c3ccccc31)c1ccccc1-2. The van der Waals surface area contributed by atoms with E-state index in [1.807, 2.05) is 24.3 Å². The molecule has 2 spiro atoms. The molecule has 0 unspecified atom stereocenters. The molecule has 5 heteroatoms. The van der Waals surface area contributed by atoms with Crippen LogP contribution >= 0.6 is 0 Å². The summed E-state index contributed by atoms with van der Waals surface area (Å²) in [5.41, 5.74) is 33.2. The second-order valence-corrected chi connectivity index (χ2v) is 34.5. The first kappa shape index (κ1) is 55.6. The summed E-state index contributed by atoms with van der Waals surface area (Å²) in [6, 6.07) is 93.8. The van der Waals surface area contributed by atoms with Crippen molar-refractivity contribution in [3.63, 3.8) is 0 Å². The number of fused-ring (bicyclic) bond motifs is 30. The minimum atomic E-state index is -0.579. The van der Waals surface area contributed by atoms with E-state index >= 15 is 0 Å². The summed E-state index contributed by atoms with van der Waals surface area (Å²) >= 11 is 0. The number of nitrogens with zero attached hydrogens (tertiary/aromatic N) is 4. The third-order valence-corrected chi connectivity index (χ3v) is 27.5. The third kappa shape index (κ3) is 10.0. The second-order valence-electron chi connectivity index (χ2n) is 34.5. The predicted molar refractivity (Wildman–Crippen MR) is 508 cm³/mol. The maximum atomic E-state index is 9.78. The lowest BCUT2D eigenvalue weighted by Crippen LogP contribution is -2.62. The van der Waals surface area contributed by atoms with Crippen LogP contribution in [0.2, 0.25) is 0 Å². The van der Waals surface area contributed by atoms with Crippen LogP contribution in [0.25, 0.3) is 122 Å².